The fourth-order valence-corrected chi connectivity index (χ4v) is 7.10. The maximum Gasteiger partial charge on any atom is 0.310 e. The Bertz CT molecular complexity index is 481. The second-order valence-corrected chi connectivity index (χ2v) is 6.38. The first-order valence-corrected chi connectivity index (χ1v) is 6.07. The molecule has 6 fully saturated rings. The van der Waals surface area contributed by atoms with E-state index in [0.717, 1.165) is 12.8 Å². The molecule has 0 spiro atoms. The lowest BCUT2D eigenvalue weighted by molar-refractivity contribution is -0.532. The second-order valence-electron chi connectivity index (χ2n) is 6.38. The second kappa shape index (κ2) is 1.71. The molecule has 0 aliphatic heterocycles. The summed E-state index contributed by atoms with van der Waals surface area (Å²) >= 11 is 0. The molecule has 8 atom stereocenters. The first-order chi connectivity index (χ1) is 7.60. The van der Waals surface area contributed by atoms with E-state index in [4.69, 9.17) is 0 Å². The number of carboxylic acid groups (broad SMARTS) is 2. The molecule has 6 aliphatic carbocycles. The average molecular weight is 220 g/mol. The third-order valence-corrected chi connectivity index (χ3v) is 6.93. The Kier molecular flexibility index (Phi) is 0.865. The zero-order valence-corrected chi connectivity index (χ0v) is 8.59. The van der Waals surface area contributed by atoms with Crippen molar-refractivity contribution in [2.45, 2.75) is 12.8 Å². The number of hydrogen-bond acceptors (Lipinski definition) is 2. The lowest BCUT2D eigenvalue weighted by Gasteiger charge is -2.99. The average Bonchev–Trinajstić information content (AvgIpc) is 2.14. The highest BCUT2D eigenvalue weighted by Gasteiger charge is 3.05. The molecule has 0 unspecified atom stereocenters. The topological polar surface area (TPSA) is 74.6 Å². The maximum atomic E-state index is 11.5. The zero-order chi connectivity index (χ0) is 11.0. The lowest BCUT2D eigenvalue weighted by Crippen LogP contribution is -3.02. The van der Waals surface area contributed by atoms with Gasteiger partial charge in [0.2, 0.25) is 0 Å². The molecule has 6 saturated carbocycles. The minimum atomic E-state index is -0.711. The van der Waals surface area contributed by atoms with Gasteiger partial charge in [-0.05, 0) is 48.3 Å². The standard InChI is InChI=1S/C12H12O4/c13-9(14)11-4-2-1-3-6-5(4)8(11)12(6,7(3)11)10(15)16/h3-8H,1-2H2,(H,13,14)(H,15,16)/t3-,4-,5+,6+,7-,8-,11-,12-/m0/s1. The van der Waals surface area contributed by atoms with Gasteiger partial charge in [-0.2, -0.15) is 0 Å². The Morgan fingerprint density at radius 3 is 2.25 bits per heavy atom. The van der Waals surface area contributed by atoms with Crippen molar-refractivity contribution < 1.29 is 19.8 Å². The van der Waals surface area contributed by atoms with Gasteiger partial charge >= 0.3 is 11.9 Å². The molecular weight excluding hydrogens is 208 g/mol. The van der Waals surface area contributed by atoms with Gasteiger partial charge in [0.05, 0.1) is 10.8 Å². The van der Waals surface area contributed by atoms with Crippen LogP contribution in [0.15, 0.2) is 0 Å². The summed E-state index contributed by atoms with van der Waals surface area (Å²) in [6.07, 6.45) is 2.11. The molecule has 4 nitrogen and oxygen atoms in total. The third-order valence-electron chi connectivity index (χ3n) is 6.93. The minimum Gasteiger partial charge on any atom is -0.481 e. The van der Waals surface area contributed by atoms with Crippen LogP contribution in [0.4, 0.5) is 0 Å². The Morgan fingerprint density at radius 1 is 1.00 bits per heavy atom. The van der Waals surface area contributed by atoms with E-state index < -0.39 is 22.8 Å². The monoisotopic (exact) mass is 220 g/mol. The summed E-state index contributed by atoms with van der Waals surface area (Å²) in [6.45, 7) is 0. The van der Waals surface area contributed by atoms with Crippen LogP contribution >= 0.6 is 0 Å². The Labute approximate surface area is 91.6 Å². The molecule has 84 valence electrons. The van der Waals surface area contributed by atoms with Crippen molar-refractivity contribution in [2.24, 2.45) is 46.3 Å². The molecule has 2 N–H and O–H groups in total. The fraction of sp³-hybridized carbons (Fsp3) is 0.833. The lowest BCUT2D eigenvalue weighted by atomic mass is 9.01. The highest BCUT2D eigenvalue weighted by atomic mass is 16.4. The van der Waals surface area contributed by atoms with Crippen LogP contribution in [0.3, 0.4) is 0 Å². The zero-order valence-electron chi connectivity index (χ0n) is 8.59. The summed E-state index contributed by atoms with van der Waals surface area (Å²) in [6, 6.07) is 0. The van der Waals surface area contributed by atoms with Gasteiger partial charge < -0.3 is 10.2 Å². The molecule has 6 aliphatic rings. The van der Waals surface area contributed by atoms with Gasteiger partial charge in [-0.25, -0.2) is 0 Å². The highest BCUT2D eigenvalue weighted by molar-refractivity contribution is 5.93. The summed E-state index contributed by atoms with van der Waals surface area (Å²) in [5, 5.41) is 18.9. The van der Waals surface area contributed by atoms with E-state index >= 15 is 0 Å². The first-order valence-electron chi connectivity index (χ1n) is 6.07. The number of hydrogen-bond donors (Lipinski definition) is 2. The number of carboxylic acids is 2. The SMILES string of the molecule is O=C(O)[C@]12[C@@H]3[C@@H]4CC[C@H]5[C@H]3[C@H]1[C@@]5(C(=O)O)[C@H]42. The molecule has 0 aromatic rings. The highest BCUT2D eigenvalue weighted by Crippen LogP contribution is 3.01. The number of rotatable bonds is 2. The van der Waals surface area contributed by atoms with E-state index in [2.05, 4.69) is 0 Å². The van der Waals surface area contributed by atoms with Gasteiger partial charge in [0, 0.05) is 0 Å². The first kappa shape index (κ1) is 8.09. The summed E-state index contributed by atoms with van der Waals surface area (Å²) in [5.74, 6) is 0.0975. The molecule has 6 rings (SSSR count). The van der Waals surface area contributed by atoms with Gasteiger partial charge in [-0.1, -0.05) is 0 Å². The number of carbonyl (C=O) groups is 2. The molecule has 0 aromatic heterocycles. The van der Waals surface area contributed by atoms with E-state index in [1.165, 1.54) is 0 Å². The van der Waals surface area contributed by atoms with Crippen LogP contribution in [0.2, 0.25) is 0 Å². The number of aliphatic carboxylic acids is 2. The maximum absolute atomic E-state index is 11.5. The van der Waals surface area contributed by atoms with Crippen LogP contribution in [0.1, 0.15) is 12.8 Å². The van der Waals surface area contributed by atoms with Crippen molar-refractivity contribution in [3.05, 3.63) is 0 Å². The summed E-state index contributed by atoms with van der Waals surface area (Å²) < 4.78 is 0. The van der Waals surface area contributed by atoms with Crippen LogP contribution in [-0.4, -0.2) is 22.2 Å². The molecule has 0 amide bonds. The molecular formula is C12H12O4. The van der Waals surface area contributed by atoms with E-state index in [1.54, 1.807) is 0 Å². The predicted octanol–water partition coefficient (Wildman–Crippen LogP) is 0.674. The van der Waals surface area contributed by atoms with Crippen LogP contribution in [0, 0.1) is 46.3 Å². The third kappa shape index (κ3) is 0.356. The summed E-state index contributed by atoms with van der Waals surface area (Å²) in [7, 11) is 0. The molecule has 16 heavy (non-hydrogen) atoms. The van der Waals surface area contributed by atoms with Crippen LogP contribution < -0.4 is 0 Å². The molecule has 0 heterocycles. The largest absolute Gasteiger partial charge is 0.481 e. The fourth-order valence-electron chi connectivity index (χ4n) is 7.10. The van der Waals surface area contributed by atoms with Gasteiger partial charge in [0.1, 0.15) is 0 Å². The van der Waals surface area contributed by atoms with Crippen molar-refractivity contribution >= 4 is 11.9 Å². The predicted molar refractivity (Wildman–Crippen MR) is 50.3 cm³/mol. The summed E-state index contributed by atoms with van der Waals surface area (Å²) in [4.78, 5) is 22.9. The Morgan fingerprint density at radius 2 is 1.69 bits per heavy atom. The number of fused-ring (bicyclic) bond motifs is 1. The van der Waals surface area contributed by atoms with Crippen molar-refractivity contribution in [3.8, 4) is 0 Å². The van der Waals surface area contributed by atoms with Gasteiger partial charge in [0.15, 0.2) is 0 Å². The quantitative estimate of drug-likeness (QED) is 0.717. The minimum absolute atomic E-state index is 0.00782. The van der Waals surface area contributed by atoms with Gasteiger partial charge in [-0.15, -0.1) is 0 Å². The van der Waals surface area contributed by atoms with E-state index in [-0.39, 0.29) is 11.8 Å². The Hall–Kier alpha value is -1.06. The van der Waals surface area contributed by atoms with Crippen molar-refractivity contribution in [1.29, 1.82) is 0 Å². The summed E-state index contributed by atoms with van der Waals surface area (Å²) in [5.41, 5.74) is -1.18. The van der Waals surface area contributed by atoms with Crippen molar-refractivity contribution in [3.63, 3.8) is 0 Å². The van der Waals surface area contributed by atoms with E-state index in [1.807, 2.05) is 0 Å². The smallest absolute Gasteiger partial charge is 0.310 e. The van der Waals surface area contributed by atoms with Gasteiger partial charge in [-0.3, -0.25) is 9.59 Å². The molecule has 4 heteroatoms. The molecule has 0 saturated heterocycles. The molecule has 0 radical (unpaired) electrons. The van der Waals surface area contributed by atoms with Crippen molar-refractivity contribution in [2.75, 3.05) is 0 Å². The van der Waals surface area contributed by atoms with Crippen LogP contribution in [0.25, 0.3) is 0 Å². The van der Waals surface area contributed by atoms with Crippen LogP contribution in [0.5, 0.6) is 0 Å². The van der Waals surface area contributed by atoms with Gasteiger partial charge in [0.25, 0.3) is 0 Å². The van der Waals surface area contributed by atoms with Crippen molar-refractivity contribution in [1.82, 2.24) is 0 Å². The van der Waals surface area contributed by atoms with E-state index in [0.29, 0.717) is 23.7 Å². The molecule has 0 aromatic carbocycles. The Balaban J connectivity index is 1.73. The normalized spacial score (nSPS) is 70.2. The molecule has 2 bridgehead atoms. The van der Waals surface area contributed by atoms with E-state index in [9.17, 15) is 19.8 Å². The van der Waals surface area contributed by atoms with Crippen LogP contribution in [-0.2, 0) is 9.59 Å².